The van der Waals surface area contributed by atoms with Crippen LogP contribution < -0.4 is 11.3 Å². The molecule has 1 atom stereocenters. The Morgan fingerprint density at radius 2 is 1.95 bits per heavy atom. The first-order chi connectivity index (χ1) is 10.1. The minimum absolute atomic E-state index is 0.00743. The van der Waals surface area contributed by atoms with Gasteiger partial charge in [0, 0.05) is 21.7 Å². The van der Waals surface area contributed by atoms with Gasteiger partial charge in [-0.15, -0.1) is 11.8 Å². The van der Waals surface area contributed by atoms with Crippen molar-refractivity contribution < 1.29 is 4.39 Å². The molecular weight excluding hydrogens is 307 g/mol. The summed E-state index contributed by atoms with van der Waals surface area (Å²) in [5.41, 5.74) is 4.60. The van der Waals surface area contributed by atoms with Gasteiger partial charge in [0.15, 0.2) is 0 Å². The summed E-state index contributed by atoms with van der Waals surface area (Å²) >= 11 is 7.46. The molecule has 2 nitrogen and oxygen atoms in total. The summed E-state index contributed by atoms with van der Waals surface area (Å²) in [5.74, 6) is 6.05. The van der Waals surface area contributed by atoms with E-state index in [9.17, 15) is 4.39 Å². The summed E-state index contributed by atoms with van der Waals surface area (Å²) in [7, 11) is 0. The summed E-state index contributed by atoms with van der Waals surface area (Å²) in [4.78, 5) is 1.18. The fourth-order valence-electron chi connectivity index (χ4n) is 1.95. The standard InChI is InChI=1S/C16H18ClFN2S/c1-11-2-6-15(7-3-11)21-10-14(20-19)8-12-4-5-13(17)9-16(12)18/h2-7,9,14,20H,8,10,19H2,1H3. The summed E-state index contributed by atoms with van der Waals surface area (Å²) in [6, 6.07) is 13.0. The van der Waals surface area contributed by atoms with E-state index < -0.39 is 0 Å². The Labute approximate surface area is 133 Å². The monoisotopic (exact) mass is 324 g/mol. The first-order valence-corrected chi connectivity index (χ1v) is 8.04. The highest BCUT2D eigenvalue weighted by molar-refractivity contribution is 7.99. The van der Waals surface area contributed by atoms with Gasteiger partial charge in [-0.3, -0.25) is 11.3 Å². The molecule has 0 spiro atoms. The van der Waals surface area contributed by atoms with Crippen molar-refractivity contribution in [1.82, 2.24) is 5.43 Å². The highest BCUT2D eigenvalue weighted by Gasteiger charge is 2.12. The van der Waals surface area contributed by atoms with Gasteiger partial charge in [0.05, 0.1) is 0 Å². The number of hydrazine groups is 1. The predicted octanol–water partition coefficient (Wildman–Crippen LogP) is 3.95. The molecule has 2 rings (SSSR count). The van der Waals surface area contributed by atoms with Gasteiger partial charge in [-0.25, -0.2) is 4.39 Å². The third-order valence-corrected chi connectivity index (χ3v) is 4.60. The largest absolute Gasteiger partial charge is 0.271 e. The van der Waals surface area contributed by atoms with Crippen molar-refractivity contribution in [3.05, 3.63) is 64.4 Å². The zero-order valence-electron chi connectivity index (χ0n) is 11.8. The van der Waals surface area contributed by atoms with Gasteiger partial charge in [-0.1, -0.05) is 35.4 Å². The van der Waals surface area contributed by atoms with Crippen LogP contribution in [0.2, 0.25) is 5.02 Å². The molecule has 112 valence electrons. The molecule has 0 aliphatic heterocycles. The van der Waals surface area contributed by atoms with Crippen LogP contribution in [0.4, 0.5) is 4.39 Å². The van der Waals surface area contributed by atoms with Gasteiger partial charge in [-0.05, 0) is 43.2 Å². The summed E-state index contributed by atoms with van der Waals surface area (Å²) in [5, 5.41) is 0.405. The number of nitrogens with two attached hydrogens (primary N) is 1. The molecule has 0 saturated carbocycles. The van der Waals surface area contributed by atoms with Gasteiger partial charge in [0.25, 0.3) is 0 Å². The molecule has 0 aliphatic carbocycles. The van der Waals surface area contributed by atoms with Crippen LogP contribution in [-0.2, 0) is 6.42 Å². The number of rotatable bonds is 6. The van der Waals surface area contributed by atoms with E-state index in [1.165, 1.54) is 16.5 Å². The molecule has 1 unspecified atom stereocenters. The summed E-state index contributed by atoms with van der Waals surface area (Å²) < 4.78 is 13.8. The minimum atomic E-state index is -0.289. The molecule has 5 heteroatoms. The highest BCUT2D eigenvalue weighted by Crippen LogP contribution is 2.21. The number of thioether (sulfide) groups is 1. The van der Waals surface area contributed by atoms with Crippen LogP contribution in [0.1, 0.15) is 11.1 Å². The van der Waals surface area contributed by atoms with Crippen molar-refractivity contribution >= 4 is 23.4 Å². The highest BCUT2D eigenvalue weighted by atomic mass is 35.5. The van der Waals surface area contributed by atoms with Crippen molar-refractivity contribution in [2.45, 2.75) is 24.3 Å². The lowest BCUT2D eigenvalue weighted by molar-refractivity contribution is 0.546. The van der Waals surface area contributed by atoms with E-state index in [4.69, 9.17) is 17.4 Å². The number of nitrogens with one attached hydrogen (secondary N) is 1. The summed E-state index contributed by atoms with van der Waals surface area (Å²) in [6.07, 6.45) is 0.526. The van der Waals surface area contributed by atoms with Crippen molar-refractivity contribution in [3.8, 4) is 0 Å². The van der Waals surface area contributed by atoms with Crippen molar-refractivity contribution in [1.29, 1.82) is 0 Å². The quantitative estimate of drug-likeness (QED) is 0.480. The van der Waals surface area contributed by atoms with Crippen LogP contribution in [-0.4, -0.2) is 11.8 Å². The Bertz CT molecular complexity index is 589. The number of hydrogen-bond acceptors (Lipinski definition) is 3. The number of benzene rings is 2. The molecule has 0 saturated heterocycles. The lowest BCUT2D eigenvalue weighted by Gasteiger charge is -2.16. The summed E-state index contributed by atoms with van der Waals surface area (Å²) in [6.45, 7) is 2.06. The lowest BCUT2D eigenvalue weighted by atomic mass is 10.1. The average Bonchev–Trinajstić information content (AvgIpc) is 2.47. The fraction of sp³-hybridized carbons (Fsp3) is 0.250. The van der Waals surface area contributed by atoms with Gasteiger partial charge < -0.3 is 0 Å². The van der Waals surface area contributed by atoms with Gasteiger partial charge >= 0.3 is 0 Å². The van der Waals surface area contributed by atoms with E-state index >= 15 is 0 Å². The van der Waals surface area contributed by atoms with E-state index in [0.717, 1.165) is 5.75 Å². The molecule has 0 heterocycles. The maximum atomic E-state index is 13.8. The molecule has 0 amide bonds. The Morgan fingerprint density at radius 1 is 1.24 bits per heavy atom. The second kappa shape index (κ2) is 7.80. The van der Waals surface area contributed by atoms with Crippen LogP contribution >= 0.6 is 23.4 Å². The zero-order chi connectivity index (χ0) is 15.2. The molecule has 2 aromatic carbocycles. The lowest BCUT2D eigenvalue weighted by Crippen LogP contribution is -2.38. The van der Waals surface area contributed by atoms with E-state index in [0.29, 0.717) is 17.0 Å². The molecule has 2 aromatic rings. The van der Waals surface area contributed by atoms with Crippen LogP contribution in [0.25, 0.3) is 0 Å². The van der Waals surface area contributed by atoms with Crippen LogP contribution in [0, 0.1) is 12.7 Å². The van der Waals surface area contributed by atoms with E-state index in [1.807, 2.05) is 0 Å². The topological polar surface area (TPSA) is 38.0 Å². The molecule has 21 heavy (non-hydrogen) atoms. The van der Waals surface area contributed by atoms with Crippen molar-refractivity contribution in [2.75, 3.05) is 5.75 Å². The third kappa shape index (κ3) is 5.00. The van der Waals surface area contributed by atoms with Crippen molar-refractivity contribution in [3.63, 3.8) is 0 Å². The van der Waals surface area contributed by atoms with Gasteiger partial charge in [0.1, 0.15) is 5.82 Å². The Hall–Kier alpha value is -1.07. The number of aryl methyl sites for hydroxylation is 1. The van der Waals surface area contributed by atoms with Crippen LogP contribution in [0.15, 0.2) is 47.4 Å². The molecule has 0 bridgehead atoms. The van der Waals surface area contributed by atoms with Gasteiger partial charge in [0.2, 0.25) is 0 Å². The predicted molar refractivity (Wildman–Crippen MR) is 88.1 cm³/mol. The minimum Gasteiger partial charge on any atom is -0.271 e. The smallest absolute Gasteiger partial charge is 0.127 e. The third-order valence-electron chi connectivity index (χ3n) is 3.19. The second-order valence-corrected chi connectivity index (χ2v) is 6.46. The number of halogens is 2. The first-order valence-electron chi connectivity index (χ1n) is 6.68. The fourth-order valence-corrected chi connectivity index (χ4v) is 3.04. The SMILES string of the molecule is Cc1ccc(SCC(Cc2ccc(Cl)cc2F)NN)cc1. The maximum absolute atomic E-state index is 13.8. The van der Waals surface area contributed by atoms with E-state index in [2.05, 4.69) is 36.6 Å². The number of hydrogen-bond donors (Lipinski definition) is 2. The van der Waals surface area contributed by atoms with Crippen molar-refractivity contribution in [2.24, 2.45) is 5.84 Å². The molecule has 0 aliphatic rings. The van der Waals surface area contributed by atoms with E-state index in [-0.39, 0.29) is 11.9 Å². The Morgan fingerprint density at radius 3 is 2.57 bits per heavy atom. The molecule has 3 N–H and O–H groups in total. The van der Waals surface area contributed by atoms with Crippen LogP contribution in [0.5, 0.6) is 0 Å². The molecule has 0 fully saturated rings. The van der Waals surface area contributed by atoms with Gasteiger partial charge in [-0.2, -0.15) is 0 Å². The molecule has 0 radical (unpaired) electrons. The van der Waals surface area contributed by atoms with Crippen LogP contribution in [0.3, 0.4) is 0 Å². The normalized spacial score (nSPS) is 12.4. The zero-order valence-corrected chi connectivity index (χ0v) is 13.3. The maximum Gasteiger partial charge on any atom is 0.127 e. The first kappa shape index (κ1) is 16.3. The molecule has 0 aromatic heterocycles. The Kier molecular flexibility index (Phi) is 6.06. The van der Waals surface area contributed by atoms with E-state index in [1.54, 1.807) is 23.9 Å². The second-order valence-electron chi connectivity index (χ2n) is 4.93. The average molecular weight is 325 g/mol. The Balaban J connectivity index is 1.95. The molecular formula is C16H18ClFN2S.